The predicted molar refractivity (Wildman–Crippen MR) is 207 cm³/mol. The number of unbranched alkanes of at least 4 members (excludes halogenated alkanes) is 37. The quantitative estimate of drug-likeness (QED) is 0.0487. The zero-order valence-corrected chi connectivity index (χ0v) is 32.3. The fourth-order valence-electron chi connectivity index (χ4n) is 6.96. The third-order valence-electron chi connectivity index (χ3n) is 10.2. The Labute approximate surface area is 292 Å². The van der Waals surface area contributed by atoms with Crippen molar-refractivity contribution in [2.24, 2.45) is 0 Å². The minimum absolute atomic E-state index is 0.0295. The molecule has 2 heteroatoms. The molecule has 0 aromatic heterocycles. The van der Waals surface area contributed by atoms with Crippen LogP contribution in [0.15, 0.2) is 0 Å². The van der Waals surface area contributed by atoms with Crippen LogP contribution in [0.1, 0.15) is 271 Å². The van der Waals surface area contributed by atoms with Crippen molar-refractivity contribution in [3.63, 3.8) is 0 Å². The summed E-state index contributed by atoms with van der Waals surface area (Å²) in [6, 6.07) is 0. The number of rotatable bonds is 41. The number of hydrogen-bond acceptors (Lipinski definition) is 2. The molecule has 0 atom stereocenters. The van der Waals surface area contributed by atoms with E-state index in [-0.39, 0.29) is 5.97 Å². The van der Waals surface area contributed by atoms with Crippen LogP contribution in [0.25, 0.3) is 0 Å². The number of hydrogen-bond donors (Lipinski definition) is 0. The highest BCUT2D eigenvalue weighted by Gasteiger charge is 2.03. The third-order valence-corrected chi connectivity index (χ3v) is 10.2. The van der Waals surface area contributed by atoms with E-state index in [9.17, 15) is 4.79 Å². The molecule has 0 aliphatic heterocycles. The van der Waals surface area contributed by atoms with Crippen molar-refractivity contribution in [2.75, 3.05) is 6.61 Å². The van der Waals surface area contributed by atoms with Crippen LogP contribution in [0.2, 0.25) is 0 Å². The van der Waals surface area contributed by atoms with Gasteiger partial charge in [-0.05, 0) is 12.8 Å². The molecule has 0 heterocycles. The van der Waals surface area contributed by atoms with Gasteiger partial charge in [0.1, 0.15) is 0 Å². The SMILES string of the molecule is CCCCCCCCCCCCCCCCCCCCCCCCCCCCCOC(=O)CCCCCCCCCCCCCC. The summed E-state index contributed by atoms with van der Waals surface area (Å²) in [5.41, 5.74) is 0. The summed E-state index contributed by atoms with van der Waals surface area (Å²) in [7, 11) is 0. The molecule has 276 valence electrons. The summed E-state index contributed by atoms with van der Waals surface area (Å²) in [6.45, 7) is 5.22. The van der Waals surface area contributed by atoms with Crippen molar-refractivity contribution < 1.29 is 9.53 Å². The molecule has 46 heavy (non-hydrogen) atoms. The van der Waals surface area contributed by atoms with Crippen molar-refractivity contribution >= 4 is 5.97 Å². The second kappa shape index (κ2) is 42.5. The molecule has 0 fully saturated rings. The fourth-order valence-corrected chi connectivity index (χ4v) is 6.96. The number of ether oxygens (including phenoxy) is 1. The molecule has 0 radical (unpaired) electrons. The van der Waals surface area contributed by atoms with Gasteiger partial charge in [0, 0.05) is 6.42 Å². The van der Waals surface area contributed by atoms with Crippen LogP contribution in [0.5, 0.6) is 0 Å². The maximum atomic E-state index is 12.0. The highest BCUT2D eigenvalue weighted by atomic mass is 16.5. The summed E-state index contributed by atoms with van der Waals surface area (Å²) < 4.78 is 5.46. The van der Waals surface area contributed by atoms with E-state index in [1.54, 1.807) is 0 Å². The lowest BCUT2D eigenvalue weighted by atomic mass is 10.0. The van der Waals surface area contributed by atoms with E-state index in [4.69, 9.17) is 4.74 Å². The normalized spacial score (nSPS) is 11.4. The van der Waals surface area contributed by atoms with E-state index in [0.29, 0.717) is 13.0 Å². The van der Waals surface area contributed by atoms with E-state index < -0.39 is 0 Å². The average molecular weight is 649 g/mol. The molecule has 0 spiro atoms. The van der Waals surface area contributed by atoms with Crippen LogP contribution in [0, 0.1) is 0 Å². The van der Waals surface area contributed by atoms with Crippen LogP contribution < -0.4 is 0 Å². The lowest BCUT2D eigenvalue weighted by Gasteiger charge is -2.06. The van der Waals surface area contributed by atoms with Gasteiger partial charge in [0.15, 0.2) is 0 Å². The van der Waals surface area contributed by atoms with Gasteiger partial charge in [-0.2, -0.15) is 0 Å². The first-order valence-electron chi connectivity index (χ1n) is 22.0. The Morgan fingerprint density at radius 3 is 0.717 bits per heavy atom. The van der Waals surface area contributed by atoms with Gasteiger partial charge in [0.05, 0.1) is 6.61 Å². The second-order valence-corrected chi connectivity index (χ2v) is 15.1. The lowest BCUT2D eigenvalue weighted by Crippen LogP contribution is -2.05. The average Bonchev–Trinajstić information content (AvgIpc) is 3.06. The van der Waals surface area contributed by atoms with Crippen molar-refractivity contribution in [2.45, 2.75) is 271 Å². The molecule has 0 rings (SSSR count). The molecule has 0 aliphatic carbocycles. The zero-order valence-electron chi connectivity index (χ0n) is 32.3. The van der Waals surface area contributed by atoms with Crippen molar-refractivity contribution in [1.82, 2.24) is 0 Å². The van der Waals surface area contributed by atoms with Gasteiger partial charge >= 0.3 is 5.97 Å². The van der Waals surface area contributed by atoms with Crippen LogP contribution in [-0.4, -0.2) is 12.6 Å². The van der Waals surface area contributed by atoms with Gasteiger partial charge in [-0.25, -0.2) is 0 Å². The molecular weight excluding hydrogens is 560 g/mol. The molecule has 0 unspecified atom stereocenters. The Balaban J connectivity index is 3.12. The van der Waals surface area contributed by atoms with Crippen molar-refractivity contribution in [3.8, 4) is 0 Å². The minimum atomic E-state index is 0.0295. The largest absolute Gasteiger partial charge is 0.466 e. The Kier molecular flexibility index (Phi) is 42.0. The fraction of sp³-hybridized carbons (Fsp3) is 0.977. The lowest BCUT2D eigenvalue weighted by molar-refractivity contribution is -0.143. The molecule has 2 nitrogen and oxygen atoms in total. The van der Waals surface area contributed by atoms with Crippen LogP contribution >= 0.6 is 0 Å². The van der Waals surface area contributed by atoms with E-state index in [2.05, 4.69) is 13.8 Å². The standard InChI is InChI=1S/C44H88O2/c1-3-5-7-9-11-13-15-17-18-19-20-21-22-23-24-25-26-27-28-29-30-31-33-35-37-39-41-43-46-44(45)42-40-38-36-34-32-16-14-12-10-8-6-4-2/h3-43H2,1-2H3. The van der Waals surface area contributed by atoms with E-state index in [1.165, 1.54) is 238 Å². The highest BCUT2D eigenvalue weighted by molar-refractivity contribution is 5.69. The van der Waals surface area contributed by atoms with E-state index >= 15 is 0 Å². The van der Waals surface area contributed by atoms with E-state index in [0.717, 1.165) is 12.8 Å². The van der Waals surface area contributed by atoms with Crippen molar-refractivity contribution in [3.05, 3.63) is 0 Å². The van der Waals surface area contributed by atoms with Crippen LogP contribution in [0.4, 0.5) is 0 Å². The monoisotopic (exact) mass is 649 g/mol. The smallest absolute Gasteiger partial charge is 0.305 e. The molecule has 0 N–H and O–H groups in total. The number of esters is 1. The predicted octanol–water partition coefficient (Wildman–Crippen LogP) is 16.2. The molecule has 0 saturated carbocycles. The van der Waals surface area contributed by atoms with Gasteiger partial charge in [-0.3, -0.25) is 4.79 Å². The molecular formula is C44H88O2. The third kappa shape index (κ3) is 41.5. The highest BCUT2D eigenvalue weighted by Crippen LogP contribution is 2.17. The maximum absolute atomic E-state index is 12.0. The van der Waals surface area contributed by atoms with Gasteiger partial charge in [0.25, 0.3) is 0 Å². The maximum Gasteiger partial charge on any atom is 0.305 e. The first-order valence-corrected chi connectivity index (χ1v) is 22.0. The Hall–Kier alpha value is -0.530. The summed E-state index contributed by atoms with van der Waals surface area (Å²) >= 11 is 0. The van der Waals surface area contributed by atoms with Gasteiger partial charge < -0.3 is 4.74 Å². The zero-order chi connectivity index (χ0) is 33.3. The summed E-state index contributed by atoms with van der Waals surface area (Å²) in [5.74, 6) is 0.0295. The molecule has 0 saturated heterocycles. The van der Waals surface area contributed by atoms with Crippen LogP contribution in [-0.2, 0) is 9.53 Å². The molecule has 0 aromatic carbocycles. The van der Waals surface area contributed by atoms with Gasteiger partial charge in [0.2, 0.25) is 0 Å². The summed E-state index contributed by atoms with van der Waals surface area (Å²) in [5, 5.41) is 0. The van der Waals surface area contributed by atoms with Gasteiger partial charge in [-0.15, -0.1) is 0 Å². The van der Waals surface area contributed by atoms with Crippen LogP contribution in [0.3, 0.4) is 0 Å². The molecule has 0 aromatic rings. The van der Waals surface area contributed by atoms with Gasteiger partial charge in [-0.1, -0.05) is 251 Å². The molecule has 0 aliphatic rings. The van der Waals surface area contributed by atoms with E-state index in [1.807, 2.05) is 0 Å². The molecule has 0 amide bonds. The topological polar surface area (TPSA) is 26.3 Å². The number of carbonyl (C=O) groups excluding carboxylic acids is 1. The summed E-state index contributed by atoms with van der Waals surface area (Å²) in [4.78, 5) is 12.0. The molecule has 0 bridgehead atoms. The Morgan fingerprint density at radius 1 is 0.283 bits per heavy atom. The first-order chi connectivity index (χ1) is 22.8. The summed E-state index contributed by atoms with van der Waals surface area (Å²) in [6.07, 6.45) is 55.0. The second-order valence-electron chi connectivity index (χ2n) is 15.1. The minimum Gasteiger partial charge on any atom is -0.466 e. The van der Waals surface area contributed by atoms with Crippen molar-refractivity contribution in [1.29, 1.82) is 0 Å². The Bertz CT molecular complexity index is 544. The Morgan fingerprint density at radius 2 is 0.478 bits per heavy atom. The number of carbonyl (C=O) groups is 1. The first kappa shape index (κ1) is 45.5.